The van der Waals surface area contributed by atoms with E-state index in [0.717, 1.165) is 19.4 Å². The third kappa shape index (κ3) is 6.12. The summed E-state index contributed by atoms with van der Waals surface area (Å²) in [6.07, 6.45) is 6.66. The van der Waals surface area contributed by atoms with Crippen LogP contribution in [0.15, 0.2) is 88.6 Å². The Hall–Kier alpha value is -3.80. The van der Waals surface area contributed by atoms with Gasteiger partial charge in [0.05, 0.1) is 10.9 Å². The molecule has 1 saturated heterocycles. The van der Waals surface area contributed by atoms with Crippen molar-refractivity contribution in [2.45, 2.75) is 43.2 Å². The molecule has 9 nitrogen and oxygen atoms in total. The highest BCUT2D eigenvalue weighted by molar-refractivity contribution is 7.89. The van der Waals surface area contributed by atoms with Gasteiger partial charge in [-0.1, -0.05) is 6.08 Å². The Morgan fingerprint density at radius 2 is 1.66 bits per heavy atom. The molecule has 214 valence electrons. The molecule has 1 atom stereocenters. The zero-order chi connectivity index (χ0) is 28.6. The molecular formula is C30H34FN7O2S. The quantitative estimate of drug-likeness (QED) is 0.336. The molecule has 0 amide bonds. The van der Waals surface area contributed by atoms with E-state index in [0.29, 0.717) is 48.3 Å². The first-order valence-electron chi connectivity index (χ1n) is 13.9. The summed E-state index contributed by atoms with van der Waals surface area (Å²) in [4.78, 5) is 11.3. The van der Waals surface area contributed by atoms with Crippen molar-refractivity contribution in [1.82, 2.24) is 24.5 Å². The van der Waals surface area contributed by atoms with E-state index in [1.807, 2.05) is 0 Å². The van der Waals surface area contributed by atoms with Gasteiger partial charge in [-0.05, 0) is 91.9 Å². The van der Waals surface area contributed by atoms with Crippen LogP contribution in [-0.2, 0) is 10.0 Å². The SMILES string of the molecule is CC1=C(CNC2CCN(S(=O)(=O)c3ccc(Nc4nccc(Nc5ccc(F)cc5)n4)cc3)CC2)C=C2CC2N1C. The van der Waals surface area contributed by atoms with E-state index < -0.39 is 10.0 Å². The summed E-state index contributed by atoms with van der Waals surface area (Å²) >= 11 is 0. The largest absolute Gasteiger partial charge is 0.371 e. The van der Waals surface area contributed by atoms with Crippen LogP contribution in [0.25, 0.3) is 0 Å². The molecule has 41 heavy (non-hydrogen) atoms. The van der Waals surface area contributed by atoms with Gasteiger partial charge in [0, 0.05) is 56.0 Å². The zero-order valence-electron chi connectivity index (χ0n) is 23.1. The molecule has 1 aromatic heterocycles. The molecule has 1 unspecified atom stereocenters. The van der Waals surface area contributed by atoms with Gasteiger partial charge in [0.25, 0.3) is 0 Å². The number of sulfonamides is 1. The highest BCUT2D eigenvalue weighted by atomic mass is 32.2. The first-order valence-corrected chi connectivity index (χ1v) is 15.3. The smallest absolute Gasteiger partial charge is 0.243 e. The third-order valence-electron chi connectivity index (χ3n) is 8.07. The summed E-state index contributed by atoms with van der Waals surface area (Å²) < 4.78 is 41.4. The van der Waals surface area contributed by atoms with Gasteiger partial charge in [0.2, 0.25) is 16.0 Å². The number of hydrogen-bond donors (Lipinski definition) is 3. The Balaban J connectivity index is 1.02. The first-order chi connectivity index (χ1) is 19.8. The first kappa shape index (κ1) is 27.4. The number of allylic oxidation sites excluding steroid dienone is 1. The number of benzene rings is 2. The maximum atomic E-state index is 13.3. The zero-order valence-corrected chi connectivity index (χ0v) is 24.0. The molecule has 3 aromatic rings. The lowest BCUT2D eigenvalue weighted by atomic mass is 10.0. The van der Waals surface area contributed by atoms with Gasteiger partial charge in [-0.3, -0.25) is 0 Å². The van der Waals surface area contributed by atoms with Crippen molar-refractivity contribution in [1.29, 1.82) is 0 Å². The molecule has 6 rings (SSSR count). The van der Waals surface area contributed by atoms with Gasteiger partial charge in [-0.25, -0.2) is 17.8 Å². The van der Waals surface area contributed by atoms with Crippen LogP contribution in [0.2, 0.25) is 0 Å². The van der Waals surface area contributed by atoms with Crippen molar-refractivity contribution in [2.24, 2.45) is 0 Å². The summed E-state index contributed by atoms with van der Waals surface area (Å²) in [7, 11) is -1.43. The molecule has 0 radical (unpaired) electrons. The van der Waals surface area contributed by atoms with Crippen molar-refractivity contribution in [3.05, 3.63) is 89.5 Å². The van der Waals surface area contributed by atoms with Crippen LogP contribution >= 0.6 is 0 Å². The number of fused-ring (bicyclic) bond motifs is 1. The Kier molecular flexibility index (Phi) is 7.50. The van der Waals surface area contributed by atoms with E-state index in [1.54, 1.807) is 53.0 Å². The van der Waals surface area contributed by atoms with Crippen molar-refractivity contribution in [3.63, 3.8) is 0 Å². The van der Waals surface area contributed by atoms with E-state index in [4.69, 9.17) is 0 Å². The van der Waals surface area contributed by atoms with Gasteiger partial charge in [-0.2, -0.15) is 9.29 Å². The molecule has 2 aliphatic heterocycles. The van der Waals surface area contributed by atoms with Crippen LogP contribution in [-0.4, -0.2) is 66.4 Å². The fourth-order valence-corrected chi connectivity index (χ4v) is 6.85. The minimum atomic E-state index is -3.59. The van der Waals surface area contributed by atoms with Crippen molar-refractivity contribution < 1.29 is 12.8 Å². The molecule has 0 spiro atoms. The number of likely N-dealkylation sites (N-methyl/N-ethyl adjacent to an activating group) is 1. The van der Waals surface area contributed by atoms with Crippen molar-refractivity contribution >= 4 is 33.2 Å². The molecule has 1 aliphatic carbocycles. The average Bonchev–Trinajstić information content (AvgIpc) is 3.76. The van der Waals surface area contributed by atoms with Crippen molar-refractivity contribution in [3.8, 4) is 0 Å². The number of rotatable bonds is 9. The lowest BCUT2D eigenvalue weighted by molar-refractivity contribution is 0.293. The highest BCUT2D eigenvalue weighted by Gasteiger charge is 2.37. The second-order valence-electron chi connectivity index (χ2n) is 10.8. The number of nitrogens with one attached hydrogen (secondary N) is 3. The lowest BCUT2D eigenvalue weighted by Gasteiger charge is -2.32. The molecule has 2 aromatic carbocycles. The monoisotopic (exact) mass is 575 g/mol. The lowest BCUT2D eigenvalue weighted by Crippen LogP contribution is -2.45. The van der Waals surface area contributed by atoms with E-state index in [-0.39, 0.29) is 10.7 Å². The number of aromatic nitrogens is 2. The average molecular weight is 576 g/mol. The van der Waals surface area contributed by atoms with Crippen molar-refractivity contribution in [2.75, 3.05) is 37.3 Å². The van der Waals surface area contributed by atoms with Gasteiger partial charge < -0.3 is 20.9 Å². The molecule has 0 bridgehead atoms. The highest BCUT2D eigenvalue weighted by Crippen LogP contribution is 2.41. The third-order valence-corrected chi connectivity index (χ3v) is 9.99. The summed E-state index contributed by atoms with van der Waals surface area (Å²) in [6.45, 7) is 3.97. The van der Waals surface area contributed by atoms with Gasteiger partial charge in [0.15, 0.2) is 0 Å². The number of halogens is 1. The maximum absolute atomic E-state index is 13.3. The Morgan fingerprint density at radius 1 is 0.976 bits per heavy atom. The normalized spacial score (nSPS) is 19.5. The van der Waals surface area contributed by atoms with Crippen LogP contribution in [0, 0.1) is 5.82 Å². The standard InChI is InChI=1S/C30H34FN7O2S/c1-20-22(17-21-18-28(21)37(20)2)19-33-24-12-15-38(16-13-24)41(39,40)27-9-7-26(8-10-27)35-30-32-14-11-29(36-30)34-25-5-3-23(31)4-6-25/h3-11,14,17,24,28,33H,12-13,15-16,18-19H2,1-2H3,(H2,32,34,35,36). The molecule has 2 fully saturated rings. The Labute approximate surface area is 240 Å². The van der Waals surface area contributed by atoms with Crippen LogP contribution in [0.1, 0.15) is 26.2 Å². The Bertz CT molecular complexity index is 1580. The van der Waals surface area contributed by atoms with E-state index in [1.165, 1.54) is 35.4 Å². The molecular weight excluding hydrogens is 541 g/mol. The predicted octanol–water partition coefficient (Wildman–Crippen LogP) is 4.76. The summed E-state index contributed by atoms with van der Waals surface area (Å²) in [6, 6.07) is 15.2. The van der Waals surface area contributed by atoms with Gasteiger partial charge >= 0.3 is 0 Å². The molecule has 3 heterocycles. The van der Waals surface area contributed by atoms with Crippen LogP contribution < -0.4 is 16.0 Å². The second-order valence-corrected chi connectivity index (χ2v) is 12.7. The minimum absolute atomic E-state index is 0.263. The minimum Gasteiger partial charge on any atom is -0.371 e. The summed E-state index contributed by atoms with van der Waals surface area (Å²) in [5.41, 5.74) is 5.53. The fourth-order valence-electron chi connectivity index (χ4n) is 5.39. The maximum Gasteiger partial charge on any atom is 0.243 e. The second kappa shape index (κ2) is 11.2. The molecule has 3 N–H and O–H groups in total. The number of anilines is 4. The number of hydrogen-bond acceptors (Lipinski definition) is 8. The van der Waals surface area contributed by atoms with Crippen LogP contribution in [0.3, 0.4) is 0 Å². The summed E-state index contributed by atoms with van der Waals surface area (Å²) in [5, 5.41) is 9.86. The van der Waals surface area contributed by atoms with Crippen LogP contribution in [0.4, 0.5) is 27.5 Å². The topological polar surface area (TPSA) is 102 Å². The fraction of sp³-hybridized carbons (Fsp3) is 0.333. The van der Waals surface area contributed by atoms with Crippen LogP contribution in [0.5, 0.6) is 0 Å². The predicted molar refractivity (Wildman–Crippen MR) is 158 cm³/mol. The molecule has 3 aliphatic rings. The van der Waals surface area contributed by atoms with Gasteiger partial charge in [-0.15, -0.1) is 0 Å². The number of nitrogens with zero attached hydrogens (tertiary/aromatic N) is 4. The molecule has 1 saturated carbocycles. The summed E-state index contributed by atoms with van der Waals surface area (Å²) in [5.74, 6) is 0.576. The van der Waals surface area contributed by atoms with Gasteiger partial charge in [0.1, 0.15) is 11.6 Å². The van der Waals surface area contributed by atoms with E-state index in [2.05, 4.69) is 50.9 Å². The Morgan fingerprint density at radius 3 is 2.39 bits per heavy atom. The molecule has 11 heteroatoms. The van der Waals surface area contributed by atoms with E-state index in [9.17, 15) is 12.8 Å². The number of piperidine rings is 1. The van der Waals surface area contributed by atoms with E-state index >= 15 is 0 Å².